The summed E-state index contributed by atoms with van der Waals surface area (Å²) < 4.78 is 53.6. The predicted octanol–water partition coefficient (Wildman–Crippen LogP) is 0.361. The number of carbonyl (C=O) groups is 3. The van der Waals surface area contributed by atoms with Crippen molar-refractivity contribution in [3.8, 4) is 0 Å². The maximum Gasteiger partial charge on any atom is 0.331 e. The van der Waals surface area contributed by atoms with E-state index >= 15 is 0 Å². The van der Waals surface area contributed by atoms with Crippen molar-refractivity contribution in [2.24, 2.45) is 11.8 Å². The number of hydrogen-bond donors (Lipinski definition) is 5. The highest BCUT2D eigenvalue weighted by Gasteiger charge is 2.77. The van der Waals surface area contributed by atoms with Crippen molar-refractivity contribution in [2.75, 3.05) is 13.2 Å². The number of esters is 3. The van der Waals surface area contributed by atoms with Gasteiger partial charge in [-0.2, -0.15) is 0 Å². The van der Waals surface area contributed by atoms with E-state index in [9.17, 15) is 39.9 Å². The Labute approximate surface area is 332 Å². The van der Waals surface area contributed by atoms with E-state index in [-0.39, 0.29) is 0 Å². The zero-order valence-corrected chi connectivity index (χ0v) is 31.4. The minimum absolute atomic E-state index is 0.526. The van der Waals surface area contributed by atoms with Crippen LogP contribution in [0.5, 0.6) is 0 Å². The highest BCUT2D eigenvalue weighted by molar-refractivity contribution is 5.88. The van der Waals surface area contributed by atoms with Crippen LogP contribution in [-0.2, 0) is 57.0 Å². The number of fused-ring (bicyclic) bond motifs is 3. The zero-order chi connectivity index (χ0) is 41.1. The molecular weight excluding hydrogens is 764 g/mol. The summed E-state index contributed by atoms with van der Waals surface area (Å²) in [6, 6.07) is 18.0. The van der Waals surface area contributed by atoms with E-state index in [1.807, 2.05) is 12.1 Å². The first-order valence-corrected chi connectivity index (χ1v) is 18.9. The minimum Gasteiger partial charge on any atom is -0.472 e. The highest BCUT2D eigenvalue weighted by Crippen LogP contribution is 2.61. The molecule has 0 amide bonds. The molecule has 312 valence electrons. The van der Waals surface area contributed by atoms with E-state index in [0.717, 1.165) is 12.5 Å². The molecule has 0 spiro atoms. The summed E-state index contributed by atoms with van der Waals surface area (Å²) in [4.78, 5) is 39.3. The molecule has 1 aliphatic carbocycles. The van der Waals surface area contributed by atoms with Gasteiger partial charge in [-0.05, 0) is 36.3 Å². The number of aliphatic hydroxyl groups excluding tert-OH is 5. The smallest absolute Gasteiger partial charge is 0.331 e. The van der Waals surface area contributed by atoms with Crippen molar-refractivity contribution >= 4 is 30.1 Å². The van der Waals surface area contributed by atoms with Gasteiger partial charge in [-0.3, -0.25) is 4.79 Å². The molecule has 5 aliphatic rings. The van der Waals surface area contributed by atoms with Crippen LogP contribution in [0, 0.1) is 11.8 Å². The first-order valence-electron chi connectivity index (χ1n) is 18.9. The van der Waals surface area contributed by atoms with Crippen LogP contribution >= 0.6 is 0 Å². The molecule has 2 aromatic rings. The molecule has 16 unspecified atom stereocenters. The Balaban J connectivity index is 1.14. The largest absolute Gasteiger partial charge is 0.472 e. The monoisotopic (exact) mass is 810 g/mol. The van der Waals surface area contributed by atoms with Crippen LogP contribution in [-0.4, -0.2) is 142 Å². The first kappa shape index (κ1) is 41.6. The van der Waals surface area contributed by atoms with Crippen molar-refractivity contribution in [3.05, 3.63) is 96.3 Å². The van der Waals surface area contributed by atoms with Crippen molar-refractivity contribution in [3.63, 3.8) is 0 Å². The van der Waals surface area contributed by atoms with Crippen LogP contribution in [0.4, 0.5) is 0 Å². The van der Waals surface area contributed by atoms with Crippen molar-refractivity contribution in [1.82, 2.24) is 0 Å². The highest BCUT2D eigenvalue weighted by atomic mass is 16.8. The third kappa shape index (κ3) is 8.60. The SMILES string of the molecule is CC(=O)OC1C(OC2C3C=COC(OC4OC(CO)C(O)C(O)C4O)C3C3(CO)OC23)OC(C)C(OC(=O)C=Cc2ccccc2)C1OC(=O)C=Cc1ccccc1. The van der Waals surface area contributed by atoms with Gasteiger partial charge in [-0.25, -0.2) is 9.59 Å². The predicted molar refractivity (Wildman–Crippen MR) is 196 cm³/mol. The molecule has 4 fully saturated rings. The molecule has 0 bridgehead atoms. The molecule has 58 heavy (non-hydrogen) atoms. The van der Waals surface area contributed by atoms with Gasteiger partial charge < -0.3 is 68.2 Å². The molecule has 4 heterocycles. The molecular formula is C41H46O17. The summed E-state index contributed by atoms with van der Waals surface area (Å²) >= 11 is 0. The molecule has 3 saturated heterocycles. The van der Waals surface area contributed by atoms with Crippen LogP contribution in [0.1, 0.15) is 25.0 Å². The fourth-order valence-corrected chi connectivity index (χ4v) is 7.96. The normalized spacial score (nSPS) is 39.1. The number of carbonyl (C=O) groups excluding carboxylic acids is 3. The molecule has 0 radical (unpaired) electrons. The molecule has 17 nitrogen and oxygen atoms in total. The van der Waals surface area contributed by atoms with Gasteiger partial charge in [0.1, 0.15) is 36.1 Å². The number of aliphatic hydroxyl groups is 5. The van der Waals surface area contributed by atoms with Crippen molar-refractivity contribution in [1.29, 1.82) is 0 Å². The molecule has 5 N–H and O–H groups in total. The number of benzene rings is 2. The number of rotatable bonds is 13. The maximum atomic E-state index is 13.4. The average molecular weight is 811 g/mol. The summed E-state index contributed by atoms with van der Waals surface area (Å²) in [6.07, 6.45) is -9.16. The van der Waals surface area contributed by atoms with Gasteiger partial charge in [0.2, 0.25) is 6.29 Å². The minimum atomic E-state index is -1.74. The molecule has 7 rings (SSSR count). The average Bonchev–Trinajstić information content (AvgIpc) is 3.90. The zero-order valence-electron chi connectivity index (χ0n) is 31.4. The lowest BCUT2D eigenvalue weighted by molar-refractivity contribution is -0.347. The Morgan fingerprint density at radius 1 is 0.724 bits per heavy atom. The molecule has 1 saturated carbocycles. The number of epoxide rings is 1. The van der Waals surface area contributed by atoms with Crippen LogP contribution in [0.2, 0.25) is 0 Å². The first-order chi connectivity index (χ1) is 27.9. The van der Waals surface area contributed by atoms with Crippen molar-refractivity contribution in [2.45, 2.75) is 99.4 Å². The van der Waals surface area contributed by atoms with Gasteiger partial charge >= 0.3 is 17.9 Å². The van der Waals surface area contributed by atoms with Crippen LogP contribution in [0.15, 0.2) is 85.2 Å². The summed E-state index contributed by atoms with van der Waals surface area (Å²) in [5.41, 5.74) is 0.136. The molecule has 17 heteroatoms. The Kier molecular flexibility index (Phi) is 12.7. The van der Waals surface area contributed by atoms with E-state index in [1.54, 1.807) is 67.6 Å². The van der Waals surface area contributed by atoms with Gasteiger partial charge in [-0.15, -0.1) is 0 Å². The lowest BCUT2D eigenvalue weighted by atomic mass is 9.85. The van der Waals surface area contributed by atoms with Gasteiger partial charge in [0.15, 0.2) is 30.9 Å². The lowest BCUT2D eigenvalue weighted by Crippen LogP contribution is -2.62. The van der Waals surface area contributed by atoms with Gasteiger partial charge in [0, 0.05) is 25.0 Å². The second kappa shape index (κ2) is 17.8. The standard InChI is InChI=1S/C41H46O17/c1-21-33(54-27(45)15-13-23-9-5-3-6-10-23)35(55-28(46)16-14-24-11-7-4-8-12-24)36(52-22(2)44)40(51-21)56-34-25-17-18-50-38(29(25)41(20-43)37(34)58-41)57-39-32(49)31(48)30(47)26(19-42)53-39/h3-18,21,25-26,29-40,42-43,47-49H,19-20H2,1-2H3. The van der Waals surface area contributed by atoms with E-state index in [0.29, 0.717) is 5.56 Å². The van der Waals surface area contributed by atoms with E-state index in [1.165, 1.54) is 24.5 Å². The summed E-state index contributed by atoms with van der Waals surface area (Å²) in [5.74, 6) is -3.88. The van der Waals surface area contributed by atoms with Gasteiger partial charge in [-0.1, -0.05) is 60.7 Å². The fourth-order valence-electron chi connectivity index (χ4n) is 7.96. The topological polar surface area (TPSA) is 239 Å². The molecule has 2 aromatic carbocycles. The Morgan fingerprint density at radius 2 is 1.34 bits per heavy atom. The molecule has 4 aliphatic heterocycles. The van der Waals surface area contributed by atoms with Crippen molar-refractivity contribution < 1.29 is 82.5 Å². The second-order valence-corrected chi connectivity index (χ2v) is 14.6. The Hall–Kier alpha value is -4.53. The summed E-state index contributed by atoms with van der Waals surface area (Å²) in [7, 11) is 0. The van der Waals surface area contributed by atoms with Gasteiger partial charge in [0.25, 0.3) is 0 Å². The van der Waals surface area contributed by atoms with E-state index in [2.05, 4.69) is 0 Å². The Bertz CT molecular complexity index is 1840. The Morgan fingerprint density at radius 3 is 1.93 bits per heavy atom. The third-order valence-electron chi connectivity index (χ3n) is 10.8. The van der Waals surface area contributed by atoms with E-state index < -0.39 is 128 Å². The molecule has 16 atom stereocenters. The number of ether oxygens (including phenoxy) is 9. The summed E-state index contributed by atoms with van der Waals surface area (Å²) in [5, 5.41) is 51.6. The fraction of sp³-hybridized carbons (Fsp3) is 0.488. The van der Waals surface area contributed by atoms with Crippen LogP contribution < -0.4 is 0 Å². The quantitative estimate of drug-likeness (QED) is 0.0795. The summed E-state index contributed by atoms with van der Waals surface area (Å²) in [6.45, 7) is 1.50. The van der Waals surface area contributed by atoms with Crippen LogP contribution in [0.25, 0.3) is 12.2 Å². The second-order valence-electron chi connectivity index (χ2n) is 14.6. The van der Waals surface area contributed by atoms with Crippen LogP contribution in [0.3, 0.4) is 0 Å². The maximum absolute atomic E-state index is 13.4. The molecule has 0 aromatic heterocycles. The van der Waals surface area contributed by atoms with E-state index in [4.69, 9.17) is 42.6 Å². The van der Waals surface area contributed by atoms with Gasteiger partial charge in [0.05, 0.1) is 37.6 Å². The number of hydrogen-bond acceptors (Lipinski definition) is 17. The lowest BCUT2D eigenvalue weighted by Gasteiger charge is -2.45. The third-order valence-corrected chi connectivity index (χ3v) is 10.8.